The monoisotopic (exact) mass is 528 g/mol. The predicted molar refractivity (Wildman–Crippen MR) is 140 cm³/mol. The van der Waals surface area contributed by atoms with E-state index in [1.807, 2.05) is 11.0 Å². The Morgan fingerprint density at radius 1 is 1.28 bits per heavy atom. The van der Waals surface area contributed by atoms with Gasteiger partial charge in [-0.1, -0.05) is 35.0 Å². The smallest absolute Gasteiger partial charge is 0.308 e. The maximum absolute atomic E-state index is 15.4. The summed E-state index contributed by atoms with van der Waals surface area (Å²) in [6.45, 7) is 1.53. The second-order valence-corrected chi connectivity index (χ2v) is 9.83. The lowest BCUT2D eigenvalue weighted by atomic mass is 9.81. The Morgan fingerprint density at radius 2 is 2.11 bits per heavy atom. The minimum Gasteiger partial charge on any atom is -0.497 e. The molecule has 1 aromatic heterocycles. The van der Waals surface area contributed by atoms with Crippen LogP contribution in [-0.2, 0) is 4.79 Å². The van der Waals surface area contributed by atoms with Gasteiger partial charge < -0.3 is 9.84 Å². The number of aliphatic carboxylic acids is 1. The molecule has 1 aliphatic heterocycles. The van der Waals surface area contributed by atoms with E-state index in [2.05, 4.69) is 16.8 Å². The third-order valence-electron chi connectivity index (χ3n) is 6.72. The molecule has 0 saturated carbocycles. The fraction of sp³-hybridized carbons (Fsp3) is 0.357. The number of methoxy groups -OCH3 is 1. The number of alkyl halides is 1. The number of hydrogen-bond acceptors (Lipinski definition) is 4. The zero-order valence-corrected chi connectivity index (χ0v) is 21.4. The van der Waals surface area contributed by atoms with Crippen molar-refractivity contribution in [3.05, 3.63) is 69.8 Å². The molecule has 1 saturated heterocycles. The number of pyridine rings is 1. The van der Waals surface area contributed by atoms with Gasteiger partial charge in [0.15, 0.2) is 0 Å². The summed E-state index contributed by atoms with van der Waals surface area (Å²) in [7, 11) is 1.57. The van der Waals surface area contributed by atoms with Gasteiger partial charge in [0.2, 0.25) is 0 Å². The van der Waals surface area contributed by atoms with E-state index in [0.717, 1.165) is 0 Å². The third-order valence-corrected chi connectivity index (χ3v) is 7.27. The maximum atomic E-state index is 15.4. The number of halogens is 3. The van der Waals surface area contributed by atoms with Gasteiger partial charge in [0.05, 0.1) is 30.1 Å². The molecule has 5 nitrogen and oxygen atoms in total. The number of rotatable bonds is 7. The van der Waals surface area contributed by atoms with Crippen molar-refractivity contribution in [3.63, 3.8) is 0 Å². The van der Waals surface area contributed by atoms with E-state index in [9.17, 15) is 9.90 Å². The SMILES string of the molecule is COc1ccc2nccc(C(F)CC[C@@H]3CCN(CC#Cc4ccc(Cl)cc4Cl)C[C@@H]3C(=O)O)c2c1. The lowest BCUT2D eigenvalue weighted by Crippen LogP contribution is -2.44. The fourth-order valence-electron chi connectivity index (χ4n) is 4.74. The molecule has 188 valence electrons. The number of carboxylic acids is 1. The van der Waals surface area contributed by atoms with Crippen LogP contribution in [0.1, 0.15) is 36.6 Å². The molecule has 4 rings (SSSR count). The third kappa shape index (κ3) is 6.28. The van der Waals surface area contributed by atoms with E-state index >= 15 is 4.39 Å². The summed E-state index contributed by atoms with van der Waals surface area (Å²) in [5.74, 6) is 5.24. The summed E-state index contributed by atoms with van der Waals surface area (Å²) < 4.78 is 20.7. The molecule has 1 aliphatic rings. The molecule has 1 fully saturated rings. The molecule has 0 amide bonds. The largest absolute Gasteiger partial charge is 0.497 e. The Bertz CT molecular complexity index is 1310. The van der Waals surface area contributed by atoms with Crippen LogP contribution in [0, 0.1) is 23.7 Å². The Kier molecular flexibility index (Phi) is 8.68. The molecule has 0 bridgehead atoms. The molecule has 8 heteroatoms. The average Bonchev–Trinajstić information content (AvgIpc) is 2.88. The zero-order valence-electron chi connectivity index (χ0n) is 19.9. The van der Waals surface area contributed by atoms with Crippen LogP contribution in [0.25, 0.3) is 10.9 Å². The van der Waals surface area contributed by atoms with Gasteiger partial charge in [0.1, 0.15) is 11.9 Å². The topological polar surface area (TPSA) is 62.7 Å². The van der Waals surface area contributed by atoms with E-state index in [1.54, 1.807) is 49.7 Å². The lowest BCUT2D eigenvalue weighted by Gasteiger charge is -2.35. The molecular weight excluding hydrogens is 502 g/mol. The first kappa shape index (κ1) is 26.2. The van der Waals surface area contributed by atoms with Crippen LogP contribution in [-0.4, -0.2) is 47.7 Å². The van der Waals surface area contributed by atoms with Gasteiger partial charge in [0.25, 0.3) is 0 Å². The van der Waals surface area contributed by atoms with Crippen molar-refractivity contribution in [2.75, 3.05) is 26.7 Å². The van der Waals surface area contributed by atoms with Gasteiger partial charge in [-0.15, -0.1) is 0 Å². The van der Waals surface area contributed by atoms with E-state index < -0.39 is 18.1 Å². The molecule has 1 N–H and O–H groups in total. The summed E-state index contributed by atoms with van der Waals surface area (Å²) in [4.78, 5) is 18.4. The quantitative estimate of drug-likeness (QED) is 0.358. The average molecular weight is 529 g/mol. The number of carbonyl (C=O) groups is 1. The molecule has 0 spiro atoms. The number of ether oxygens (including phenoxy) is 1. The first-order valence-electron chi connectivity index (χ1n) is 11.8. The summed E-state index contributed by atoms with van der Waals surface area (Å²) in [6.07, 6.45) is 1.81. The molecule has 3 aromatic rings. The predicted octanol–water partition coefficient (Wildman–Crippen LogP) is 6.42. The molecule has 2 heterocycles. The van der Waals surface area contributed by atoms with Crippen LogP contribution < -0.4 is 4.74 Å². The number of carboxylic acid groups (broad SMARTS) is 1. The molecule has 3 atom stereocenters. The van der Waals surface area contributed by atoms with Gasteiger partial charge in [-0.25, -0.2) is 4.39 Å². The Labute approximate surface area is 220 Å². The van der Waals surface area contributed by atoms with Crippen molar-refractivity contribution >= 4 is 40.1 Å². The normalized spacial score (nSPS) is 18.9. The molecular formula is C28H27Cl2FN2O3. The molecule has 2 aromatic carbocycles. The Morgan fingerprint density at radius 3 is 2.86 bits per heavy atom. The van der Waals surface area contributed by atoms with Crippen molar-refractivity contribution in [3.8, 4) is 17.6 Å². The van der Waals surface area contributed by atoms with Crippen LogP contribution in [0.4, 0.5) is 4.39 Å². The number of nitrogens with zero attached hydrogens (tertiary/aromatic N) is 2. The highest BCUT2D eigenvalue weighted by Gasteiger charge is 2.34. The van der Waals surface area contributed by atoms with Crippen molar-refractivity contribution in [2.45, 2.75) is 25.4 Å². The number of aromatic nitrogens is 1. The highest BCUT2D eigenvalue weighted by molar-refractivity contribution is 6.35. The van der Waals surface area contributed by atoms with Crippen LogP contribution in [0.2, 0.25) is 10.0 Å². The molecule has 0 aliphatic carbocycles. The summed E-state index contributed by atoms with van der Waals surface area (Å²) in [5, 5.41) is 11.6. The standard InChI is InChI=1S/C28H27Cl2FN2O3/c1-36-21-7-9-27-23(16-21)22(10-12-32-27)26(31)8-5-18-11-14-33(17-24(18)28(34)35)13-2-3-19-4-6-20(29)15-25(19)30/h4,6-7,9-10,12,15-16,18,24,26H,5,8,11,13-14,17H2,1H3,(H,34,35)/t18-,24+,26?/m1/s1. The van der Waals surface area contributed by atoms with Crippen molar-refractivity contribution in [1.29, 1.82) is 0 Å². The molecule has 1 unspecified atom stereocenters. The Balaban J connectivity index is 1.38. The minimum absolute atomic E-state index is 0.0988. The van der Waals surface area contributed by atoms with Crippen LogP contribution in [0.15, 0.2) is 48.7 Å². The first-order chi connectivity index (χ1) is 17.4. The van der Waals surface area contributed by atoms with E-state index in [-0.39, 0.29) is 12.3 Å². The summed E-state index contributed by atoms with van der Waals surface area (Å²) >= 11 is 12.1. The highest BCUT2D eigenvalue weighted by atomic mass is 35.5. The number of fused-ring (bicyclic) bond motifs is 1. The maximum Gasteiger partial charge on any atom is 0.308 e. The zero-order chi connectivity index (χ0) is 25.7. The van der Waals surface area contributed by atoms with Crippen LogP contribution in [0.3, 0.4) is 0 Å². The number of piperidine rings is 1. The second-order valence-electron chi connectivity index (χ2n) is 8.98. The second kappa shape index (κ2) is 11.9. The van der Waals surface area contributed by atoms with Gasteiger partial charge in [-0.3, -0.25) is 14.7 Å². The first-order valence-corrected chi connectivity index (χ1v) is 12.6. The van der Waals surface area contributed by atoms with Crippen molar-refractivity contribution < 1.29 is 19.0 Å². The molecule has 36 heavy (non-hydrogen) atoms. The van der Waals surface area contributed by atoms with Gasteiger partial charge >= 0.3 is 5.97 Å². The molecule has 0 radical (unpaired) electrons. The summed E-state index contributed by atoms with van der Waals surface area (Å²) in [6, 6.07) is 12.2. The fourth-order valence-corrected chi connectivity index (χ4v) is 5.19. The van der Waals surface area contributed by atoms with E-state index in [1.165, 1.54) is 0 Å². The number of likely N-dealkylation sites (tertiary alicyclic amines) is 1. The lowest BCUT2D eigenvalue weighted by molar-refractivity contribution is -0.146. The van der Waals surface area contributed by atoms with E-state index in [4.69, 9.17) is 27.9 Å². The van der Waals surface area contributed by atoms with Crippen LogP contribution in [0.5, 0.6) is 5.75 Å². The minimum atomic E-state index is -1.22. The number of hydrogen-bond donors (Lipinski definition) is 1. The van der Waals surface area contributed by atoms with Gasteiger partial charge in [-0.2, -0.15) is 0 Å². The van der Waals surface area contributed by atoms with Crippen molar-refractivity contribution in [1.82, 2.24) is 9.88 Å². The summed E-state index contributed by atoms with van der Waals surface area (Å²) in [5.41, 5.74) is 1.94. The van der Waals surface area contributed by atoms with Crippen LogP contribution >= 0.6 is 23.2 Å². The highest BCUT2D eigenvalue weighted by Crippen LogP contribution is 2.35. The van der Waals surface area contributed by atoms with Gasteiger partial charge in [-0.05, 0) is 79.8 Å². The number of benzene rings is 2. The van der Waals surface area contributed by atoms with Gasteiger partial charge in [0, 0.05) is 28.7 Å². The Hall–Kier alpha value is -2.85. The van der Waals surface area contributed by atoms with Crippen molar-refractivity contribution in [2.24, 2.45) is 11.8 Å². The van der Waals surface area contributed by atoms with E-state index in [0.29, 0.717) is 70.3 Å².